The number of ether oxygens (including phenoxy) is 1. The maximum absolute atomic E-state index is 5.44. The Kier molecular flexibility index (Phi) is 4.55. The molecule has 0 aromatic rings. The Balaban J connectivity index is 2.09. The van der Waals surface area contributed by atoms with E-state index < -0.39 is 0 Å². The molecular formula is C9H19NO. The molecule has 0 aromatic carbocycles. The van der Waals surface area contributed by atoms with Crippen molar-refractivity contribution >= 4 is 0 Å². The first-order valence-corrected chi connectivity index (χ1v) is 4.74. The van der Waals surface area contributed by atoms with Crippen LogP contribution in [0.5, 0.6) is 0 Å². The summed E-state index contributed by atoms with van der Waals surface area (Å²) in [6, 6.07) is 0.623. The first-order valence-electron chi connectivity index (χ1n) is 4.74. The predicted molar refractivity (Wildman–Crippen MR) is 46.8 cm³/mol. The zero-order valence-corrected chi connectivity index (χ0v) is 7.44. The van der Waals surface area contributed by atoms with Crippen LogP contribution >= 0.6 is 0 Å². The fourth-order valence-electron chi connectivity index (χ4n) is 1.40. The lowest BCUT2D eigenvalue weighted by molar-refractivity contribution is 0.128. The molecule has 1 unspecified atom stereocenters. The quantitative estimate of drug-likeness (QED) is 0.671. The monoisotopic (exact) mass is 157 g/mol. The van der Waals surface area contributed by atoms with E-state index in [1.165, 1.54) is 25.7 Å². The largest absolute Gasteiger partial charge is 0.380 e. The lowest BCUT2D eigenvalue weighted by Crippen LogP contribution is -2.31. The van der Waals surface area contributed by atoms with Gasteiger partial charge in [0, 0.05) is 12.6 Å². The van der Waals surface area contributed by atoms with Gasteiger partial charge in [0.1, 0.15) is 0 Å². The van der Waals surface area contributed by atoms with Crippen molar-refractivity contribution in [2.45, 2.75) is 38.6 Å². The molecule has 0 aliphatic carbocycles. The lowest BCUT2D eigenvalue weighted by Gasteiger charge is -2.13. The Bertz CT molecular complexity index is 87.6. The second-order valence-electron chi connectivity index (χ2n) is 3.22. The summed E-state index contributed by atoms with van der Waals surface area (Å²) in [4.78, 5) is 0. The Morgan fingerprint density at radius 1 is 1.55 bits per heavy atom. The van der Waals surface area contributed by atoms with E-state index in [1.807, 2.05) is 0 Å². The van der Waals surface area contributed by atoms with Crippen LogP contribution in [0.15, 0.2) is 0 Å². The number of hydrogen-bond acceptors (Lipinski definition) is 2. The molecular weight excluding hydrogens is 138 g/mol. The van der Waals surface area contributed by atoms with Gasteiger partial charge in [-0.15, -0.1) is 0 Å². The molecule has 1 fully saturated rings. The average molecular weight is 157 g/mol. The summed E-state index contributed by atoms with van der Waals surface area (Å²) in [6.45, 7) is 5.22. The molecule has 1 N–H and O–H groups in total. The van der Waals surface area contributed by atoms with E-state index in [4.69, 9.17) is 4.74 Å². The van der Waals surface area contributed by atoms with Crippen LogP contribution in [-0.2, 0) is 4.74 Å². The number of nitrogens with one attached hydrogen (secondary N) is 1. The van der Waals surface area contributed by atoms with Gasteiger partial charge in [0.2, 0.25) is 0 Å². The molecule has 1 aliphatic heterocycles. The van der Waals surface area contributed by atoms with Crippen molar-refractivity contribution in [3.05, 3.63) is 0 Å². The van der Waals surface area contributed by atoms with E-state index >= 15 is 0 Å². The number of unbranched alkanes of at least 4 members (excludes halogenated alkanes) is 1. The highest BCUT2D eigenvalue weighted by molar-refractivity contribution is 4.68. The van der Waals surface area contributed by atoms with E-state index in [-0.39, 0.29) is 0 Å². The van der Waals surface area contributed by atoms with Crippen molar-refractivity contribution in [1.29, 1.82) is 0 Å². The van der Waals surface area contributed by atoms with Gasteiger partial charge in [-0.2, -0.15) is 0 Å². The smallest absolute Gasteiger partial charge is 0.0619 e. The van der Waals surface area contributed by atoms with Crippen molar-refractivity contribution in [3.63, 3.8) is 0 Å². The van der Waals surface area contributed by atoms with Gasteiger partial charge in [0.25, 0.3) is 0 Å². The zero-order valence-electron chi connectivity index (χ0n) is 7.44. The van der Waals surface area contributed by atoms with Crippen LogP contribution < -0.4 is 5.32 Å². The van der Waals surface area contributed by atoms with Gasteiger partial charge in [-0.1, -0.05) is 19.8 Å². The summed E-state index contributed by atoms with van der Waals surface area (Å²) in [5.41, 5.74) is 0. The van der Waals surface area contributed by atoms with Gasteiger partial charge in [-0.3, -0.25) is 0 Å². The second kappa shape index (κ2) is 5.56. The van der Waals surface area contributed by atoms with Crippen molar-refractivity contribution < 1.29 is 4.74 Å². The van der Waals surface area contributed by atoms with Crippen LogP contribution in [0, 0.1) is 0 Å². The predicted octanol–water partition coefficient (Wildman–Crippen LogP) is 1.56. The topological polar surface area (TPSA) is 21.3 Å². The van der Waals surface area contributed by atoms with Crippen molar-refractivity contribution in [2.24, 2.45) is 0 Å². The highest BCUT2D eigenvalue weighted by Crippen LogP contribution is 2.03. The van der Waals surface area contributed by atoms with Gasteiger partial charge in [-0.25, -0.2) is 0 Å². The minimum Gasteiger partial charge on any atom is -0.380 e. The summed E-state index contributed by atoms with van der Waals surface area (Å²) in [5, 5.41) is 3.49. The molecule has 66 valence electrons. The minimum atomic E-state index is 0.623. The molecule has 2 nitrogen and oxygen atoms in total. The Hall–Kier alpha value is -0.0800. The van der Waals surface area contributed by atoms with Crippen LogP contribution in [0.4, 0.5) is 0 Å². The third-order valence-electron chi connectivity index (χ3n) is 2.12. The Labute approximate surface area is 69.3 Å². The van der Waals surface area contributed by atoms with Crippen molar-refractivity contribution in [3.8, 4) is 0 Å². The molecule has 1 atom stereocenters. The molecule has 2 heteroatoms. The summed E-state index contributed by atoms with van der Waals surface area (Å²) in [6.07, 6.45) is 5.05. The van der Waals surface area contributed by atoms with Crippen LogP contribution in [-0.4, -0.2) is 25.8 Å². The van der Waals surface area contributed by atoms with Gasteiger partial charge >= 0.3 is 0 Å². The summed E-state index contributed by atoms with van der Waals surface area (Å²) in [5.74, 6) is 0. The SMILES string of the molecule is CCCCC1COCCCN1. The van der Waals surface area contributed by atoms with Crippen LogP contribution in [0.25, 0.3) is 0 Å². The molecule has 1 heterocycles. The molecule has 0 aromatic heterocycles. The fourth-order valence-corrected chi connectivity index (χ4v) is 1.40. The molecule has 11 heavy (non-hydrogen) atoms. The first-order chi connectivity index (χ1) is 5.43. The van der Waals surface area contributed by atoms with Gasteiger partial charge in [0.15, 0.2) is 0 Å². The summed E-state index contributed by atoms with van der Waals surface area (Å²) in [7, 11) is 0. The number of rotatable bonds is 3. The normalized spacial score (nSPS) is 26.5. The van der Waals surface area contributed by atoms with E-state index in [1.54, 1.807) is 0 Å². The van der Waals surface area contributed by atoms with Crippen molar-refractivity contribution in [2.75, 3.05) is 19.8 Å². The van der Waals surface area contributed by atoms with Crippen LogP contribution in [0.2, 0.25) is 0 Å². The van der Waals surface area contributed by atoms with Gasteiger partial charge in [0.05, 0.1) is 6.61 Å². The molecule has 0 amide bonds. The zero-order chi connectivity index (χ0) is 7.94. The Morgan fingerprint density at radius 3 is 3.27 bits per heavy atom. The highest BCUT2D eigenvalue weighted by atomic mass is 16.5. The molecule has 0 radical (unpaired) electrons. The van der Waals surface area contributed by atoms with Crippen LogP contribution in [0.1, 0.15) is 32.6 Å². The molecule has 1 saturated heterocycles. The average Bonchev–Trinajstić information content (AvgIpc) is 2.28. The molecule has 1 aliphatic rings. The van der Waals surface area contributed by atoms with E-state index in [9.17, 15) is 0 Å². The molecule has 1 rings (SSSR count). The standard InChI is InChI=1S/C9H19NO/c1-2-3-5-9-8-11-7-4-6-10-9/h9-10H,2-8H2,1H3. The maximum Gasteiger partial charge on any atom is 0.0619 e. The van der Waals surface area contributed by atoms with Gasteiger partial charge < -0.3 is 10.1 Å². The van der Waals surface area contributed by atoms with E-state index in [0.717, 1.165) is 19.8 Å². The van der Waals surface area contributed by atoms with Gasteiger partial charge in [-0.05, 0) is 19.4 Å². The fraction of sp³-hybridized carbons (Fsp3) is 1.00. The third-order valence-corrected chi connectivity index (χ3v) is 2.12. The van der Waals surface area contributed by atoms with E-state index in [2.05, 4.69) is 12.2 Å². The first kappa shape index (κ1) is 9.01. The Morgan fingerprint density at radius 2 is 2.45 bits per heavy atom. The summed E-state index contributed by atoms with van der Waals surface area (Å²) < 4.78 is 5.44. The lowest BCUT2D eigenvalue weighted by atomic mass is 10.1. The van der Waals surface area contributed by atoms with E-state index in [0.29, 0.717) is 6.04 Å². The summed E-state index contributed by atoms with van der Waals surface area (Å²) >= 11 is 0. The molecule has 0 bridgehead atoms. The maximum atomic E-state index is 5.44. The van der Waals surface area contributed by atoms with Crippen LogP contribution in [0.3, 0.4) is 0 Å². The minimum absolute atomic E-state index is 0.623. The highest BCUT2D eigenvalue weighted by Gasteiger charge is 2.09. The number of hydrogen-bond donors (Lipinski definition) is 1. The molecule has 0 spiro atoms. The van der Waals surface area contributed by atoms with Crippen molar-refractivity contribution in [1.82, 2.24) is 5.32 Å². The third kappa shape index (κ3) is 3.73. The molecule has 0 saturated carbocycles. The second-order valence-corrected chi connectivity index (χ2v) is 3.22.